The lowest BCUT2D eigenvalue weighted by molar-refractivity contribution is -0.127. The molecule has 2 aromatic carbocycles. The molecule has 0 radical (unpaired) electrons. The zero-order valence-electron chi connectivity index (χ0n) is 14.0. The Morgan fingerprint density at radius 3 is 2.48 bits per heavy atom. The van der Waals surface area contributed by atoms with Gasteiger partial charge in [-0.25, -0.2) is 4.39 Å². The van der Waals surface area contributed by atoms with Gasteiger partial charge in [-0.15, -0.1) is 0 Å². The van der Waals surface area contributed by atoms with E-state index in [-0.39, 0.29) is 17.3 Å². The molecule has 27 heavy (non-hydrogen) atoms. The first-order valence-electron chi connectivity index (χ1n) is 8.62. The van der Waals surface area contributed by atoms with Crippen molar-refractivity contribution < 1.29 is 18.8 Å². The van der Waals surface area contributed by atoms with Crippen LogP contribution in [0.4, 0.5) is 4.39 Å². The number of amides is 2. The van der Waals surface area contributed by atoms with Crippen molar-refractivity contribution in [1.29, 1.82) is 0 Å². The van der Waals surface area contributed by atoms with Crippen LogP contribution in [0.5, 0.6) is 0 Å². The number of nitrogens with zero attached hydrogens (tertiary/aromatic N) is 2. The number of imide groups is 1. The van der Waals surface area contributed by atoms with E-state index in [1.54, 1.807) is 11.2 Å². The van der Waals surface area contributed by atoms with Crippen molar-refractivity contribution in [3.8, 4) is 0 Å². The minimum Gasteiger partial charge on any atom is -0.296 e. The van der Waals surface area contributed by atoms with Crippen LogP contribution < -0.4 is 5.32 Å². The van der Waals surface area contributed by atoms with Crippen molar-refractivity contribution in [1.82, 2.24) is 10.3 Å². The molecule has 0 aromatic heterocycles. The van der Waals surface area contributed by atoms with Crippen LogP contribution in [0.15, 0.2) is 53.6 Å². The molecule has 3 aliphatic heterocycles. The number of rotatable bonds is 2. The number of hydrogen-bond donors (Lipinski definition) is 1. The number of carbonyl (C=O) groups is 3. The fraction of sp³-hybridized carbons (Fsp3) is 0.200. The number of hydrazone groups is 1. The fourth-order valence-corrected chi connectivity index (χ4v) is 4.37. The Kier molecular flexibility index (Phi) is 3.28. The van der Waals surface area contributed by atoms with Crippen LogP contribution in [-0.2, 0) is 9.59 Å². The Labute approximate surface area is 153 Å². The summed E-state index contributed by atoms with van der Waals surface area (Å²) < 4.78 is 13.2. The van der Waals surface area contributed by atoms with E-state index in [0.29, 0.717) is 0 Å². The third kappa shape index (κ3) is 2.17. The molecule has 5 rings (SSSR count). The van der Waals surface area contributed by atoms with Gasteiger partial charge in [0, 0.05) is 5.56 Å². The molecular formula is C20H14FN3O3. The van der Waals surface area contributed by atoms with Crippen LogP contribution >= 0.6 is 0 Å². The number of Topliss-reactive ketones (excluding diaryl/α,β-unsaturated/α-hetero) is 1. The molecule has 2 fully saturated rings. The second-order valence-electron chi connectivity index (χ2n) is 6.92. The maximum absolute atomic E-state index is 13.2. The third-order valence-corrected chi connectivity index (χ3v) is 5.53. The first-order chi connectivity index (χ1) is 13.1. The van der Waals surface area contributed by atoms with Crippen molar-refractivity contribution in [2.45, 2.75) is 12.1 Å². The highest BCUT2D eigenvalue weighted by Gasteiger charge is 2.62. The average molecular weight is 363 g/mol. The second kappa shape index (κ2) is 5.57. The van der Waals surface area contributed by atoms with Crippen molar-refractivity contribution in [2.75, 3.05) is 0 Å². The molecule has 0 unspecified atom stereocenters. The van der Waals surface area contributed by atoms with Gasteiger partial charge in [-0.3, -0.25) is 24.7 Å². The first-order valence-corrected chi connectivity index (χ1v) is 8.62. The molecule has 134 valence electrons. The summed E-state index contributed by atoms with van der Waals surface area (Å²) in [6.45, 7) is 0. The van der Waals surface area contributed by atoms with Gasteiger partial charge in [-0.05, 0) is 35.4 Å². The molecule has 3 heterocycles. The molecule has 4 atom stereocenters. The lowest BCUT2D eigenvalue weighted by Crippen LogP contribution is -2.43. The summed E-state index contributed by atoms with van der Waals surface area (Å²) in [6, 6.07) is 11.3. The molecule has 7 heteroatoms. The number of benzene rings is 2. The smallest absolute Gasteiger partial charge is 0.233 e. The zero-order chi connectivity index (χ0) is 18.7. The lowest BCUT2D eigenvalue weighted by Gasteiger charge is -2.32. The van der Waals surface area contributed by atoms with Gasteiger partial charge in [-0.1, -0.05) is 24.3 Å². The van der Waals surface area contributed by atoms with E-state index in [2.05, 4.69) is 10.4 Å². The van der Waals surface area contributed by atoms with E-state index in [9.17, 15) is 18.8 Å². The summed E-state index contributed by atoms with van der Waals surface area (Å²) in [5.41, 5.74) is 2.00. The van der Waals surface area contributed by atoms with Gasteiger partial charge in [-0.2, -0.15) is 5.10 Å². The minimum absolute atomic E-state index is 0.280. The number of halogens is 1. The summed E-state index contributed by atoms with van der Waals surface area (Å²) in [5.74, 6) is -3.18. The molecule has 2 saturated heterocycles. The molecule has 0 saturated carbocycles. The number of fused-ring (bicyclic) bond motifs is 5. The summed E-state index contributed by atoms with van der Waals surface area (Å²) >= 11 is 0. The lowest BCUT2D eigenvalue weighted by atomic mass is 9.83. The quantitative estimate of drug-likeness (QED) is 0.650. The first kappa shape index (κ1) is 15.9. The zero-order valence-corrected chi connectivity index (χ0v) is 14.0. The normalized spacial score (nSPS) is 27.8. The van der Waals surface area contributed by atoms with Crippen LogP contribution in [0, 0.1) is 17.7 Å². The van der Waals surface area contributed by atoms with Gasteiger partial charge in [0.05, 0.1) is 24.1 Å². The molecule has 0 bridgehead atoms. The highest BCUT2D eigenvalue weighted by molar-refractivity contribution is 6.12. The van der Waals surface area contributed by atoms with Gasteiger partial charge in [0.1, 0.15) is 11.9 Å². The van der Waals surface area contributed by atoms with E-state index in [1.807, 2.05) is 24.3 Å². The molecule has 0 aliphatic carbocycles. The van der Waals surface area contributed by atoms with Crippen molar-refractivity contribution >= 4 is 23.8 Å². The van der Waals surface area contributed by atoms with Gasteiger partial charge < -0.3 is 0 Å². The van der Waals surface area contributed by atoms with Gasteiger partial charge >= 0.3 is 0 Å². The average Bonchev–Trinajstić information content (AvgIpc) is 3.17. The molecular weight excluding hydrogens is 349 g/mol. The van der Waals surface area contributed by atoms with Crippen molar-refractivity contribution in [3.05, 3.63) is 71.0 Å². The Morgan fingerprint density at radius 1 is 1.00 bits per heavy atom. The monoisotopic (exact) mass is 363 g/mol. The Hall–Kier alpha value is -3.35. The Balaban J connectivity index is 1.64. The van der Waals surface area contributed by atoms with E-state index in [1.165, 1.54) is 24.3 Å². The third-order valence-electron chi connectivity index (χ3n) is 5.53. The summed E-state index contributed by atoms with van der Waals surface area (Å²) in [4.78, 5) is 38.2. The summed E-state index contributed by atoms with van der Waals surface area (Å²) in [6.07, 6.45) is 1.64. The highest BCUT2D eigenvalue weighted by atomic mass is 19.1. The molecule has 0 spiro atoms. The molecule has 1 N–H and O–H groups in total. The summed E-state index contributed by atoms with van der Waals surface area (Å²) in [5, 5.41) is 8.34. The van der Waals surface area contributed by atoms with Gasteiger partial charge in [0.25, 0.3) is 0 Å². The maximum Gasteiger partial charge on any atom is 0.233 e. The van der Waals surface area contributed by atoms with Crippen molar-refractivity contribution in [2.24, 2.45) is 16.9 Å². The van der Waals surface area contributed by atoms with Crippen molar-refractivity contribution in [3.63, 3.8) is 0 Å². The van der Waals surface area contributed by atoms with E-state index in [0.717, 1.165) is 11.1 Å². The molecule has 6 nitrogen and oxygen atoms in total. The number of nitrogens with one attached hydrogen (secondary N) is 1. The number of hydrogen-bond acceptors (Lipinski definition) is 5. The highest BCUT2D eigenvalue weighted by Crippen LogP contribution is 2.50. The molecule has 2 aromatic rings. The van der Waals surface area contributed by atoms with E-state index in [4.69, 9.17) is 0 Å². The fourth-order valence-electron chi connectivity index (χ4n) is 4.37. The standard InChI is InChI=1S/C20H14FN3O3/c21-12-7-5-10(6-8-12)18(25)17-15-14(19(26)23-20(15)27)16-13-4-2-1-3-11(13)9-22-24(16)17/h1-9,14-17H,(H,23,26,27)/t14-,15+,16-,17-/m1/s1. The molecule has 3 aliphatic rings. The van der Waals surface area contributed by atoms with Crippen LogP contribution in [0.2, 0.25) is 0 Å². The predicted octanol–water partition coefficient (Wildman–Crippen LogP) is 1.67. The number of carbonyl (C=O) groups excluding carboxylic acids is 3. The Morgan fingerprint density at radius 2 is 1.70 bits per heavy atom. The maximum atomic E-state index is 13.2. The Bertz CT molecular complexity index is 1020. The van der Waals surface area contributed by atoms with Gasteiger partial charge in [0.15, 0.2) is 5.78 Å². The second-order valence-corrected chi connectivity index (χ2v) is 6.92. The van der Waals surface area contributed by atoms with Crippen LogP contribution in [0.1, 0.15) is 27.5 Å². The SMILES string of the molecule is O=C1NC(=O)[C@H]2[C@@H]1[C@H]1c3ccccc3C=NN1[C@H]2C(=O)c1ccc(F)cc1. The molecule has 2 amide bonds. The summed E-state index contributed by atoms with van der Waals surface area (Å²) in [7, 11) is 0. The van der Waals surface area contributed by atoms with Crippen LogP contribution in [-0.4, -0.2) is 34.9 Å². The van der Waals surface area contributed by atoms with E-state index >= 15 is 0 Å². The van der Waals surface area contributed by atoms with E-state index < -0.39 is 35.6 Å². The predicted molar refractivity (Wildman–Crippen MR) is 93.3 cm³/mol. The van der Waals surface area contributed by atoms with Crippen LogP contribution in [0.3, 0.4) is 0 Å². The minimum atomic E-state index is -0.915. The topological polar surface area (TPSA) is 78.8 Å². The van der Waals surface area contributed by atoms with Gasteiger partial charge in [0.2, 0.25) is 11.8 Å². The largest absolute Gasteiger partial charge is 0.296 e. The van der Waals surface area contributed by atoms with Crippen LogP contribution in [0.25, 0.3) is 0 Å². The number of ketones is 1.